The summed E-state index contributed by atoms with van der Waals surface area (Å²) in [5, 5.41) is 0. The molecule has 2 rings (SSSR count). The summed E-state index contributed by atoms with van der Waals surface area (Å²) >= 11 is 0. The van der Waals surface area contributed by atoms with Gasteiger partial charge in [-0.1, -0.05) is 5.92 Å². The van der Waals surface area contributed by atoms with Gasteiger partial charge in [0.1, 0.15) is 0 Å². The first-order chi connectivity index (χ1) is 6.40. The summed E-state index contributed by atoms with van der Waals surface area (Å²) in [7, 11) is 0. The van der Waals surface area contributed by atoms with E-state index < -0.39 is 0 Å². The first-order valence-electron chi connectivity index (χ1n) is 5.10. The quantitative estimate of drug-likeness (QED) is 0.556. The van der Waals surface area contributed by atoms with E-state index in [4.69, 9.17) is 4.74 Å². The van der Waals surface area contributed by atoms with Gasteiger partial charge in [0.2, 0.25) is 0 Å². The highest BCUT2D eigenvalue weighted by molar-refractivity contribution is 4.99. The molecule has 2 fully saturated rings. The monoisotopic (exact) mass is 179 g/mol. The molecule has 2 saturated heterocycles. The lowest BCUT2D eigenvalue weighted by Crippen LogP contribution is -2.40. The highest BCUT2D eigenvalue weighted by atomic mass is 16.5. The van der Waals surface area contributed by atoms with Gasteiger partial charge in [0.15, 0.2) is 0 Å². The molecule has 0 aromatic rings. The standard InChI is InChI=1S/C11H17NO/c1-2-3-5-12-6-4-10-8-13-9-11(10)7-12/h10-11H,4-9H2,1H3. The van der Waals surface area contributed by atoms with Crippen molar-refractivity contribution in [3.63, 3.8) is 0 Å². The average molecular weight is 179 g/mol. The van der Waals surface area contributed by atoms with Crippen molar-refractivity contribution in [3.05, 3.63) is 0 Å². The van der Waals surface area contributed by atoms with Crippen LogP contribution in [0.3, 0.4) is 0 Å². The highest BCUT2D eigenvalue weighted by Crippen LogP contribution is 2.28. The lowest BCUT2D eigenvalue weighted by Gasteiger charge is -2.32. The molecule has 2 unspecified atom stereocenters. The molecule has 0 saturated carbocycles. The summed E-state index contributed by atoms with van der Waals surface area (Å²) in [6.45, 7) is 7.22. The molecule has 72 valence electrons. The Kier molecular flexibility index (Phi) is 2.87. The topological polar surface area (TPSA) is 12.5 Å². The maximum atomic E-state index is 5.48. The van der Waals surface area contributed by atoms with Crippen molar-refractivity contribution >= 4 is 0 Å². The average Bonchev–Trinajstić information content (AvgIpc) is 2.61. The van der Waals surface area contributed by atoms with Gasteiger partial charge < -0.3 is 4.74 Å². The molecule has 2 nitrogen and oxygen atoms in total. The normalized spacial score (nSPS) is 33.6. The van der Waals surface area contributed by atoms with Gasteiger partial charge in [-0.25, -0.2) is 0 Å². The minimum atomic E-state index is 0.785. The van der Waals surface area contributed by atoms with E-state index in [9.17, 15) is 0 Å². The smallest absolute Gasteiger partial charge is 0.0601 e. The molecule has 13 heavy (non-hydrogen) atoms. The van der Waals surface area contributed by atoms with Crippen LogP contribution in [0.15, 0.2) is 0 Å². The first kappa shape index (κ1) is 9.05. The van der Waals surface area contributed by atoms with Gasteiger partial charge in [0, 0.05) is 19.1 Å². The van der Waals surface area contributed by atoms with Crippen molar-refractivity contribution in [2.45, 2.75) is 13.3 Å². The fourth-order valence-electron chi connectivity index (χ4n) is 2.27. The molecule has 0 spiro atoms. The van der Waals surface area contributed by atoms with E-state index in [0.29, 0.717) is 0 Å². The zero-order chi connectivity index (χ0) is 9.10. The van der Waals surface area contributed by atoms with Crippen molar-refractivity contribution in [3.8, 4) is 11.8 Å². The van der Waals surface area contributed by atoms with E-state index in [-0.39, 0.29) is 0 Å². The largest absolute Gasteiger partial charge is 0.381 e. The molecule has 0 bridgehead atoms. The summed E-state index contributed by atoms with van der Waals surface area (Å²) in [6, 6.07) is 0. The Labute approximate surface area is 80.2 Å². The van der Waals surface area contributed by atoms with Crippen LogP contribution in [0.1, 0.15) is 13.3 Å². The number of piperidine rings is 1. The summed E-state index contributed by atoms with van der Waals surface area (Å²) in [5.74, 6) is 7.71. The third kappa shape index (κ3) is 2.04. The van der Waals surface area contributed by atoms with Crippen LogP contribution in [-0.4, -0.2) is 37.7 Å². The molecule has 0 amide bonds. The number of nitrogens with zero attached hydrogens (tertiary/aromatic N) is 1. The van der Waals surface area contributed by atoms with Gasteiger partial charge in [-0.05, 0) is 25.8 Å². The highest BCUT2D eigenvalue weighted by Gasteiger charge is 2.33. The molecule has 0 radical (unpaired) electrons. The van der Waals surface area contributed by atoms with Crippen molar-refractivity contribution in [2.75, 3.05) is 32.8 Å². The van der Waals surface area contributed by atoms with E-state index >= 15 is 0 Å². The molecule has 0 aromatic heterocycles. The second-order valence-corrected chi connectivity index (χ2v) is 4.01. The van der Waals surface area contributed by atoms with E-state index in [1.54, 1.807) is 0 Å². The number of hydrogen-bond acceptors (Lipinski definition) is 2. The number of ether oxygens (including phenoxy) is 1. The predicted molar refractivity (Wildman–Crippen MR) is 52.3 cm³/mol. The van der Waals surface area contributed by atoms with Gasteiger partial charge in [0.05, 0.1) is 13.2 Å². The number of hydrogen-bond donors (Lipinski definition) is 0. The third-order valence-corrected chi connectivity index (χ3v) is 3.12. The third-order valence-electron chi connectivity index (χ3n) is 3.12. The van der Waals surface area contributed by atoms with Crippen LogP contribution in [0, 0.1) is 23.7 Å². The van der Waals surface area contributed by atoms with Crippen LogP contribution in [-0.2, 0) is 4.74 Å². The van der Waals surface area contributed by atoms with Crippen molar-refractivity contribution in [2.24, 2.45) is 11.8 Å². The summed E-state index contributed by atoms with van der Waals surface area (Å²) < 4.78 is 5.48. The second kappa shape index (κ2) is 4.13. The Hall–Kier alpha value is -0.520. The maximum absolute atomic E-state index is 5.48. The van der Waals surface area contributed by atoms with Crippen molar-refractivity contribution in [1.82, 2.24) is 4.90 Å². The molecule has 2 aliphatic heterocycles. The number of likely N-dealkylation sites (tertiary alicyclic amines) is 1. The molecule has 0 N–H and O–H groups in total. The van der Waals surface area contributed by atoms with E-state index in [2.05, 4.69) is 16.7 Å². The zero-order valence-corrected chi connectivity index (χ0v) is 8.25. The van der Waals surface area contributed by atoms with Crippen LogP contribution in [0.25, 0.3) is 0 Å². The van der Waals surface area contributed by atoms with E-state index in [0.717, 1.165) is 31.6 Å². The van der Waals surface area contributed by atoms with Crippen LogP contribution in [0.4, 0.5) is 0 Å². The van der Waals surface area contributed by atoms with E-state index in [1.165, 1.54) is 19.5 Å². The summed E-state index contributed by atoms with van der Waals surface area (Å²) in [6.07, 6.45) is 1.30. The molecular weight excluding hydrogens is 162 g/mol. The first-order valence-corrected chi connectivity index (χ1v) is 5.10. The Bertz CT molecular complexity index is 228. The van der Waals surface area contributed by atoms with Crippen molar-refractivity contribution < 1.29 is 4.74 Å². The molecule has 0 aliphatic carbocycles. The lowest BCUT2D eigenvalue weighted by molar-refractivity contribution is 0.162. The van der Waals surface area contributed by atoms with Crippen LogP contribution in [0.5, 0.6) is 0 Å². The summed E-state index contributed by atoms with van der Waals surface area (Å²) in [5.41, 5.74) is 0. The fraction of sp³-hybridized carbons (Fsp3) is 0.818. The van der Waals surface area contributed by atoms with Crippen LogP contribution >= 0.6 is 0 Å². The number of fused-ring (bicyclic) bond motifs is 1. The van der Waals surface area contributed by atoms with Gasteiger partial charge in [-0.15, -0.1) is 5.92 Å². The molecule has 2 heterocycles. The van der Waals surface area contributed by atoms with Gasteiger partial charge >= 0.3 is 0 Å². The molecule has 2 atom stereocenters. The summed E-state index contributed by atoms with van der Waals surface area (Å²) in [4.78, 5) is 2.45. The fourth-order valence-corrected chi connectivity index (χ4v) is 2.27. The van der Waals surface area contributed by atoms with Crippen LogP contribution < -0.4 is 0 Å². The SMILES string of the molecule is CC#CCN1CCC2COCC2C1. The maximum Gasteiger partial charge on any atom is 0.0601 e. The Morgan fingerprint density at radius 3 is 3.08 bits per heavy atom. The predicted octanol–water partition coefficient (Wildman–Crippen LogP) is 0.978. The molecule has 2 heteroatoms. The Balaban J connectivity index is 1.85. The van der Waals surface area contributed by atoms with Crippen molar-refractivity contribution in [1.29, 1.82) is 0 Å². The van der Waals surface area contributed by atoms with Gasteiger partial charge in [0.25, 0.3) is 0 Å². The number of rotatable bonds is 1. The Morgan fingerprint density at radius 2 is 2.23 bits per heavy atom. The van der Waals surface area contributed by atoms with Gasteiger partial charge in [-0.2, -0.15) is 0 Å². The molecule has 2 aliphatic rings. The molecular formula is C11H17NO. The zero-order valence-electron chi connectivity index (χ0n) is 8.25. The van der Waals surface area contributed by atoms with Crippen LogP contribution in [0.2, 0.25) is 0 Å². The minimum absolute atomic E-state index is 0.785. The minimum Gasteiger partial charge on any atom is -0.381 e. The van der Waals surface area contributed by atoms with E-state index in [1.807, 2.05) is 6.92 Å². The lowest BCUT2D eigenvalue weighted by atomic mass is 9.89. The van der Waals surface area contributed by atoms with Gasteiger partial charge in [-0.3, -0.25) is 4.90 Å². The molecule has 0 aromatic carbocycles. The second-order valence-electron chi connectivity index (χ2n) is 4.01. The Morgan fingerprint density at radius 1 is 1.38 bits per heavy atom.